The summed E-state index contributed by atoms with van der Waals surface area (Å²) in [6, 6.07) is 12.8. The van der Waals surface area contributed by atoms with Crippen molar-refractivity contribution in [1.82, 2.24) is 19.6 Å². The number of hydrogen-bond donors (Lipinski definition) is 0. The van der Waals surface area contributed by atoms with Crippen molar-refractivity contribution in [3.63, 3.8) is 0 Å². The smallest absolute Gasteiger partial charge is 0.315 e. The first-order chi connectivity index (χ1) is 14.6. The van der Waals surface area contributed by atoms with Crippen LogP contribution in [0.25, 0.3) is 27.8 Å². The van der Waals surface area contributed by atoms with Gasteiger partial charge in [0.05, 0.1) is 23.6 Å². The molecule has 0 atom stereocenters. The summed E-state index contributed by atoms with van der Waals surface area (Å²) in [5.41, 5.74) is 1.10. The molecule has 0 aliphatic rings. The van der Waals surface area contributed by atoms with Crippen LogP contribution in [0.15, 0.2) is 53.3 Å². The van der Waals surface area contributed by atoms with Gasteiger partial charge in [-0.3, -0.25) is 9.59 Å². The minimum atomic E-state index is -0.511. The van der Waals surface area contributed by atoms with Crippen LogP contribution < -0.4 is 5.56 Å². The molecule has 0 saturated heterocycles. The molecule has 0 bridgehead atoms. The molecule has 0 N–H and O–H groups in total. The Kier molecular flexibility index (Phi) is 5.71. The summed E-state index contributed by atoms with van der Waals surface area (Å²) in [4.78, 5) is 33.2. The third-order valence-electron chi connectivity index (χ3n) is 4.32. The highest BCUT2D eigenvalue weighted by Gasteiger charge is 2.15. The van der Waals surface area contributed by atoms with Gasteiger partial charge >= 0.3 is 5.97 Å². The SMILES string of the molecule is CCOC(=O)CSCc1nc2ccccc2c2nc(=O)c(-c3ccc(F)cc3)nn12. The van der Waals surface area contributed by atoms with Gasteiger partial charge in [0.15, 0.2) is 11.3 Å². The van der Waals surface area contributed by atoms with Gasteiger partial charge in [0.1, 0.15) is 11.6 Å². The van der Waals surface area contributed by atoms with Crippen LogP contribution >= 0.6 is 11.8 Å². The minimum Gasteiger partial charge on any atom is -0.465 e. The predicted molar refractivity (Wildman–Crippen MR) is 113 cm³/mol. The molecule has 9 heteroatoms. The fourth-order valence-electron chi connectivity index (χ4n) is 3.00. The van der Waals surface area contributed by atoms with Gasteiger partial charge < -0.3 is 4.74 Å². The standard InChI is InChI=1S/C21H17FN4O3S/c1-2-29-18(27)12-30-11-17-23-16-6-4-3-5-15(16)20-24-21(28)19(25-26(17)20)13-7-9-14(22)10-8-13/h3-10H,2,11-12H2,1H3. The fourth-order valence-corrected chi connectivity index (χ4v) is 3.72. The molecule has 0 amide bonds. The van der Waals surface area contributed by atoms with Gasteiger partial charge in [0.25, 0.3) is 5.56 Å². The summed E-state index contributed by atoms with van der Waals surface area (Å²) in [6.07, 6.45) is 0. The first kappa shape index (κ1) is 20.0. The van der Waals surface area contributed by atoms with Gasteiger partial charge in [-0.15, -0.1) is 11.8 Å². The van der Waals surface area contributed by atoms with Gasteiger partial charge in [-0.1, -0.05) is 12.1 Å². The van der Waals surface area contributed by atoms with Gasteiger partial charge in [0, 0.05) is 10.9 Å². The molecular formula is C21H17FN4O3S. The van der Waals surface area contributed by atoms with Crippen LogP contribution in [0.2, 0.25) is 0 Å². The first-order valence-electron chi connectivity index (χ1n) is 9.25. The van der Waals surface area contributed by atoms with Crippen LogP contribution in [0.3, 0.4) is 0 Å². The second kappa shape index (κ2) is 8.58. The number of para-hydroxylation sites is 1. The molecule has 2 aromatic carbocycles. The van der Waals surface area contributed by atoms with E-state index in [1.807, 2.05) is 24.3 Å². The van der Waals surface area contributed by atoms with Gasteiger partial charge in [-0.25, -0.2) is 9.37 Å². The lowest BCUT2D eigenvalue weighted by Crippen LogP contribution is -2.19. The number of carbonyl (C=O) groups excluding carboxylic acids is 1. The Morgan fingerprint density at radius 3 is 2.67 bits per heavy atom. The molecule has 4 rings (SSSR count). The Hall–Kier alpha value is -3.33. The number of fused-ring (bicyclic) bond motifs is 3. The number of thioether (sulfide) groups is 1. The molecule has 0 aliphatic heterocycles. The third kappa shape index (κ3) is 4.02. The van der Waals surface area contributed by atoms with Crippen molar-refractivity contribution >= 4 is 34.3 Å². The van der Waals surface area contributed by atoms with Crippen molar-refractivity contribution in [3.05, 3.63) is 70.5 Å². The molecule has 2 aromatic heterocycles. The van der Waals surface area contributed by atoms with Gasteiger partial charge in [0.2, 0.25) is 0 Å². The van der Waals surface area contributed by atoms with Crippen molar-refractivity contribution in [2.45, 2.75) is 12.7 Å². The monoisotopic (exact) mass is 424 g/mol. The van der Waals surface area contributed by atoms with E-state index in [0.29, 0.717) is 40.3 Å². The lowest BCUT2D eigenvalue weighted by molar-refractivity contribution is -0.139. The Balaban J connectivity index is 1.83. The van der Waals surface area contributed by atoms with Crippen molar-refractivity contribution in [2.24, 2.45) is 0 Å². The topological polar surface area (TPSA) is 86.5 Å². The number of aromatic nitrogens is 4. The van der Waals surface area contributed by atoms with E-state index in [1.54, 1.807) is 6.92 Å². The zero-order valence-electron chi connectivity index (χ0n) is 16.0. The van der Waals surface area contributed by atoms with Crippen molar-refractivity contribution in [3.8, 4) is 11.3 Å². The fraction of sp³-hybridized carbons (Fsp3) is 0.190. The molecule has 0 fully saturated rings. The number of rotatable bonds is 6. The molecule has 7 nitrogen and oxygen atoms in total. The van der Waals surface area contributed by atoms with E-state index in [0.717, 1.165) is 0 Å². The molecule has 4 aromatic rings. The maximum atomic E-state index is 13.3. The van der Waals surface area contributed by atoms with Crippen LogP contribution in [0.4, 0.5) is 4.39 Å². The van der Waals surface area contributed by atoms with Crippen molar-refractivity contribution in [1.29, 1.82) is 0 Å². The molecular weight excluding hydrogens is 407 g/mol. The number of benzene rings is 2. The number of hydrogen-bond acceptors (Lipinski definition) is 7. The second-order valence-electron chi connectivity index (χ2n) is 6.35. The van der Waals surface area contributed by atoms with E-state index >= 15 is 0 Å². The lowest BCUT2D eigenvalue weighted by atomic mass is 10.1. The van der Waals surface area contributed by atoms with E-state index in [-0.39, 0.29) is 17.4 Å². The van der Waals surface area contributed by atoms with E-state index in [4.69, 9.17) is 4.74 Å². The van der Waals surface area contributed by atoms with E-state index in [2.05, 4.69) is 15.1 Å². The average molecular weight is 424 g/mol. The zero-order valence-corrected chi connectivity index (χ0v) is 16.9. The number of nitrogens with zero attached hydrogens (tertiary/aromatic N) is 4. The molecule has 152 valence electrons. The summed E-state index contributed by atoms with van der Waals surface area (Å²) in [5.74, 6) is 0.353. The highest BCUT2D eigenvalue weighted by Crippen LogP contribution is 2.21. The third-order valence-corrected chi connectivity index (χ3v) is 5.23. The molecule has 0 radical (unpaired) electrons. The highest BCUT2D eigenvalue weighted by atomic mass is 32.2. The molecule has 0 spiro atoms. The van der Waals surface area contributed by atoms with Crippen LogP contribution in [-0.4, -0.2) is 37.9 Å². The summed E-state index contributed by atoms with van der Waals surface area (Å²) >= 11 is 1.33. The van der Waals surface area contributed by atoms with E-state index in [1.165, 1.54) is 40.5 Å². The van der Waals surface area contributed by atoms with Crippen LogP contribution in [0.5, 0.6) is 0 Å². The number of halogens is 1. The minimum absolute atomic E-state index is 0.0984. The average Bonchev–Trinajstić information content (AvgIpc) is 2.74. The number of ether oxygens (including phenoxy) is 1. The van der Waals surface area contributed by atoms with Crippen LogP contribution in [-0.2, 0) is 15.3 Å². The zero-order chi connectivity index (χ0) is 21.1. The van der Waals surface area contributed by atoms with Crippen molar-refractivity contribution in [2.75, 3.05) is 12.4 Å². The van der Waals surface area contributed by atoms with E-state index in [9.17, 15) is 14.0 Å². The van der Waals surface area contributed by atoms with E-state index < -0.39 is 11.4 Å². The quantitative estimate of drug-likeness (QED) is 0.347. The Morgan fingerprint density at radius 1 is 1.13 bits per heavy atom. The van der Waals surface area contributed by atoms with Crippen LogP contribution in [0.1, 0.15) is 12.7 Å². The Morgan fingerprint density at radius 2 is 1.90 bits per heavy atom. The van der Waals surface area contributed by atoms with Gasteiger partial charge in [-0.05, 0) is 43.3 Å². The number of carbonyl (C=O) groups is 1. The largest absolute Gasteiger partial charge is 0.465 e. The highest BCUT2D eigenvalue weighted by molar-refractivity contribution is 7.99. The first-order valence-corrected chi connectivity index (χ1v) is 10.4. The second-order valence-corrected chi connectivity index (χ2v) is 7.34. The summed E-state index contributed by atoms with van der Waals surface area (Å²) in [6.45, 7) is 2.08. The van der Waals surface area contributed by atoms with Crippen molar-refractivity contribution < 1.29 is 13.9 Å². The summed E-state index contributed by atoms with van der Waals surface area (Å²) in [7, 11) is 0. The molecule has 0 unspecified atom stereocenters. The summed E-state index contributed by atoms with van der Waals surface area (Å²) in [5, 5.41) is 5.17. The van der Waals surface area contributed by atoms with Gasteiger partial charge in [-0.2, -0.15) is 14.6 Å². The predicted octanol–water partition coefficient (Wildman–Crippen LogP) is 3.24. The molecule has 0 aliphatic carbocycles. The lowest BCUT2D eigenvalue weighted by Gasteiger charge is -2.11. The maximum absolute atomic E-state index is 13.3. The Labute approximate surface area is 174 Å². The number of esters is 1. The van der Waals surface area contributed by atoms with Crippen LogP contribution in [0, 0.1) is 5.82 Å². The molecule has 2 heterocycles. The normalized spacial score (nSPS) is 11.1. The maximum Gasteiger partial charge on any atom is 0.315 e. The molecule has 30 heavy (non-hydrogen) atoms. The summed E-state index contributed by atoms with van der Waals surface area (Å²) < 4.78 is 19.8. The Bertz CT molecular complexity index is 1290. The molecule has 0 saturated carbocycles.